The van der Waals surface area contributed by atoms with Gasteiger partial charge in [-0.05, 0) is 50.0 Å². The predicted molar refractivity (Wildman–Crippen MR) is 79.5 cm³/mol. The lowest BCUT2D eigenvalue weighted by Gasteiger charge is -2.26. The monoisotopic (exact) mass is 262 g/mol. The molecule has 1 aliphatic heterocycles. The SMILES string of the molecule is Cc1cccc(C)c1CNCCCN1CCOCC1. The van der Waals surface area contributed by atoms with E-state index in [2.05, 4.69) is 42.3 Å². The second-order valence-corrected chi connectivity index (χ2v) is 5.35. The molecule has 1 aliphatic rings. The third kappa shape index (κ3) is 4.60. The second kappa shape index (κ2) is 7.63. The van der Waals surface area contributed by atoms with Crippen LogP contribution in [0, 0.1) is 13.8 Å². The topological polar surface area (TPSA) is 24.5 Å². The summed E-state index contributed by atoms with van der Waals surface area (Å²) in [7, 11) is 0. The quantitative estimate of drug-likeness (QED) is 0.795. The van der Waals surface area contributed by atoms with Crippen LogP contribution in [0.1, 0.15) is 23.1 Å². The normalized spacial score (nSPS) is 16.7. The molecule has 0 spiro atoms. The first-order chi connectivity index (χ1) is 9.27. The third-order valence-corrected chi connectivity index (χ3v) is 3.88. The first-order valence-electron chi connectivity index (χ1n) is 7.33. The van der Waals surface area contributed by atoms with Gasteiger partial charge in [0.25, 0.3) is 0 Å². The fraction of sp³-hybridized carbons (Fsp3) is 0.625. The summed E-state index contributed by atoms with van der Waals surface area (Å²) in [4.78, 5) is 2.49. The number of rotatable bonds is 6. The largest absolute Gasteiger partial charge is 0.379 e. The van der Waals surface area contributed by atoms with Gasteiger partial charge in [0.15, 0.2) is 0 Å². The molecule has 3 heteroatoms. The van der Waals surface area contributed by atoms with E-state index in [0.717, 1.165) is 39.4 Å². The lowest BCUT2D eigenvalue weighted by Crippen LogP contribution is -2.37. The number of ether oxygens (including phenoxy) is 1. The number of nitrogens with zero attached hydrogens (tertiary/aromatic N) is 1. The number of hydrogen-bond donors (Lipinski definition) is 1. The van der Waals surface area contributed by atoms with E-state index in [0.29, 0.717) is 0 Å². The highest BCUT2D eigenvalue weighted by Crippen LogP contribution is 2.12. The van der Waals surface area contributed by atoms with Crippen molar-refractivity contribution in [1.82, 2.24) is 10.2 Å². The van der Waals surface area contributed by atoms with Crippen LogP contribution in [-0.4, -0.2) is 44.3 Å². The average Bonchev–Trinajstić information content (AvgIpc) is 2.42. The zero-order valence-corrected chi connectivity index (χ0v) is 12.2. The molecular formula is C16H26N2O. The molecule has 0 aromatic heterocycles. The van der Waals surface area contributed by atoms with Gasteiger partial charge < -0.3 is 10.1 Å². The van der Waals surface area contributed by atoms with Crippen LogP contribution in [0.25, 0.3) is 0 Å². The minimum Gasteiger partial charge on any atom is -0.379 e. The van der Waals surface area contributed by atoms with E-state index in [9.17, 15) is 0 Å². The summed E-state index contributed by atoms with van der Waals surface area (Å²) in [6.45, 7) is 11.6. The van der Waals surface area contributed by atoms with Crippen molar-refractivity contribution in [1.29, 1.82) is 0 Å². The Bertz CT molecular complexity index is 366. The maximum absolute atomic E-state index is 5.35. The van der Waals surface area contributed by atoms with Gasteiger partial charge in [-0.3, -0.25) is 4.90 Å². The minimum atomic E-state index is 0.899. The van der Waals surface area contributed by atoms with E-state index in [1.165, 1.54) is 29.7 Å². The molecule has 1 N–H and O–H groups in total. The van der Waals surface area contributed by atoms with Gasteiger partial charge in [0.1, 0.15) is 0 Å². The Kier molecular flexibility index (Phi) is 5.83. The highest BCUT2D eigenvalue weighted by Gasteiger charge is 2.09. The van der Waals surface area contributed by atoms with Gasteiger partial charge in [0.05, 0.1) is 13.2 Å². The number of nitrogens with one attached hydrogen (secondary N) is 1. The molecule has 1 aromatic carbocycles. The van der Waals surface area contributed by atoms with Crippen LogP contribution in [0.4, 0.5) is 0 Å². The van der Waals surface area contributed by atoms with Crippen LogP contribution >= 0.6 is 0 Å². The van der Waals surface area contributed by atoms with Crippen molar-refractivity contribution in [3.05, 3.63) is 34.9 Å². The molecule has 0 aliphatic carbocycles. The number of morpholine rings is 1. The summed E-state index contributed by atoms with van der Waals surface area (Å²) < 4.78 is 5.35. The van der Waals surface area contributed by atoms with Crippen molar-refractivity contribution in [3.63, 3.8) is 0 Å². The van der Waals surface area contributed by atoms with Gasteiger partial charge in [0.2, 0.25) is 0 Å². The molecule has 0 amide bonds. The van der Waals surface area contributed by atoms with Gasteiger partial charge in [-0.1, -0.05) is 18.2 Å². The van der Waals surface area contributed by atoms with Crippen LogP contribution in [0.2, 0.25) is 0 Å². The van der Waals surface area contributed by atoms with Crippen molar-refractivity contribution in [2.75, 3.05) is 39.4 Å². The molecule has 1 fully saturated rings. The third-order valence-electron chi connectivity index (χ3n) is 3.88. The summed E-state index contributed by atoms with van der Waals surface area (Å²) in [6.07, 6.45) is 1.21. The lowest BCUT2D eigenvalue weighted by atomic mass is 10.0. The zero-order valence-electron chi connectivity index (χ0n) is 12.2. The van der Waals surface area contributed by atoms with E-state index in [1.807, 2.05) is 0 Å². The van der Waals surface area contributed by atoms with E-state index in [1.54, 1.807) is 0 Å². The smallest absolute Gasteiger partial charge is 0.0594 e. The van der Waals surface area contributed by atoms with Gasteiger partial charge in [-0.2, -0.15) is 0 Å². The molecule has 0 bridgehead atoms. The first kappa shape index (κ1) is 14.5. The predicted octanol–water partition coefficient (Wildman–Crippen LogP) is 2.12. The van der Waals surface area contributed by atoms with Crippen LogP contribution in [-0.2, 0) is 11.3 Å². The molecule has 0 radical (unpaired) electrons. The Balaban J connectivity index is 1.63. The lowest BCUT2D eigenvalue weighted by molar-refractivity contribution is 0.0374. The van der Waals surface area contributed by atoms with E-state index < -0.39 is 0 Å². The van der Waals surface area contributed by atoms with Crippen molar-refractivity contribution in [2.24, 2.45) is 0 Å². The summed E-state index contributed by atoms with van der Waals surface area (Å²) >= 11 is 0. The summed E-state index contributed by atoms with van der Waals surface area (Å²) in [5.41, 5.74) is 4.23. The summed E-state index contributed by atoms with van der Waals surface area (Å²) in [6, 6.07) is 6.52. The Hall–Kier alpha value is -0.900. The molecule has 19 heavy (non-hydrogen) atoms. The van der Waals surface area contributed by atoms with E-state index in [-0.39, 0.29) is 0 Å². The Labute approximate surface area is 116 Å². The van der Waals surface area contributed by atoms with Crippen LogP contribution < -0.4 is 5.32 Å². The number of aryl methyl sites for hydroxylation is 2. The maximum Gasteiger partial charge on any atom is 0.0594 e. The van der Waals surface area contributed by atoms with Crippen LogP contribution in [0.15, 0.2) is 18.2 Å². The molecule has 2 rings (SSSR count). The Morgan fingerprint density at radius 1 is 1.16 bits per heavy atom. The standard InChI is InChI=1S/C16H26N2O/c1-14-5-3-6-15(2)16(14)13-17-7-4-8-18-9-11-19-12-10-18/h3,5-6,17H,4,7-13H2,1-2H3. The Morgan fingerprint density at radius 3 is 2.53 bits per heavy atom. The fourth-order valence-corrected chi connectivity index (χ4v) is 2.59. The molecule has 106 valence electrons. The second-order valence-electron chi connectivity index (χ2n) is 5.35. The molecular weight excluding hydrogens is 236 g/mol. The minimum absolute atomic E-state index is 0.899. The number of hydrogen-bond acceptors (Lipinski definition) is 3. The Morgan fingerprint density at radius 2 is 1.84 bits per heavy atom. The fourth-order valence-electron chi connectivity index (χ4n) is 2.59. The number of benzene rings is 1. The summed E-state index contributed by atoms with van der Waals surface area (Å²) in [5.74, 6) is 0. The molecule has 0 atom stereocenters. The van der Waals surface area contributed by atoms with E-state index >= 15 is 0 Å². The van der Waals surface area contributed by atoms with Crippen molar-refractivity contribution < 1.29 is 4.74 Å². The molecule has 1 saturated heterocycles. The van der Waals surface area contributed by atoms with Crippen LogP contribution in [0.5, 0.6) is 0 Å². The van der Waals surface area contributed by atoms with Gasteiger partial charge in [-0.15, -0.1) is 0 Å². The van der Waals surface area contributed by atoms with Crippen LogP contribution in [0.3, 0.4) is 0 Å². The molecule has 0 saturated carbocycles. The molecule has 0 unspecified atom stereocenters. The van der Waals surface area contributed by atoms with Crippen molar-refractivity contribution >= 4 is 0 Å². The van der Waals surface area contributed by atoms with Gasteiger partial charge >= 0.3 is 0 Å². The van der Waals surface area contributed by atoms with Crippen molar-refractivity contribution in [3.8, 4) is 0 Å². The van der Waals surface area contributed by atoms with Crippen molar-refractivity contribution in [2.45, 2.75) is 26.8 Å². The molecule has 1 heterocycles. The highest BCUT2D eigenvalue weighted by atomic mass is 16.5. The average molecular weight is 262 g/mol. The maximum atomic E-state index is 5.35. The first-order valence-corrected chi connectivity index (χ1v) is 7.33. The highest BCUT2D eigenvalue weighted by molar-refractivity contribution is 5.33. The van der Waals surface area contributed by atoms with Gasteiger partial charge in [-0.25, -0.2) is 0 Å². The van der Waals surface area contributed by atoms with E-state index in [4.69, 9.17) is 4.74 Å². The molecule has 1 aromatic rings. The summed E-state index contributed by atoms with van der Waals surface area (Å²) in [5, 5.41) is 3.57. The zero-order chi connectivity index (χ0) is 13.5. The molecule has 3 nitrogen and oxygen atoms in total. The van der Waals surface area contributed by atoms with Gasteiger partial charge in [0, 0.05) is 19.6 Å².